The maximum Gasteiger partial charge on any atom is 0.334 e. The molecular formula is C16H17N3O5S3. The van der Waals surface area contributed by atoms with Crippen LogP contribution in [0.5, 0.6) is 5.75 Å². The summed E-state index contributed by atoms with van der Waals surface area (Å²) in [5.41, 5.74) is 1.35. The van der Waals surface area contributed by atoms with Gasteiger partial charge in [0.25, 0.3) is 10.0 Å². The molecule has 3 N–H and O–H groups in total. The number of rotatable bonds is 6. The lowest BCUT2D eigenvalue weighted by Crippen LogP contribution is -2.33. The van der Waals surface area contributed by atoms with E-state index in [-0.39, 0.29) is 15.9 Å². The number of aryl methyl sites for hydroxylation is 1. The van der Waals surface area contributed by atoms with Gasteiger partial charge in [0.1, 0.15) is 15.5 Å². The van der Waals surface area contributed by atoms with Crippen molar-refractivity contribution in [2.45, 2.75) is 17.6 Å². The molecule has 3 aromatic rings. The molecule has 0 radical (unpaired) electrons. The van der Waals surface area contributed by atoms with Crippen LogP contribution in [0.25, 0.3) is 10.2 Å². The number of ether oxygens (including phenoxy) is 1. The predicted octanol–water partition coefficient (Wildman–Crippen LogP) is 2.72. The van der Waals surface area contributed by atoms with E-state index in [2.05, 4.69) is 10.3 Å². The number of carbonyl (C=O) groups is 1. The summed E-state index contributed by atoms with van der Waals surface area (Å²) < 4.78 is 32.9. The number of amides is 2. The second-order valence-corrected chi connectivity index (χ2v) is 9.61. The van der Waals surface area contributed by atoms with E-state index in [1.165, 1.54) is 24.5 Å². The number of benzene rings is 1. The van der Waals surface area contributed by atoms with Crippen molar-refractivity contribution in [1.82, 2.24) is 9.71 Å². The number of aliphatic hydroxyl groups excluding tert-OH is 1. The van der Waals surface area contributed by atoms with Gasteiger partial charge in [0, 0.05) is 17.9 Å². The molecule has 0 saturated carbocycles. The number of aliphatic hydroxyl groups is 1. The molecule has 0 fully saturated rings. The number of fused-ring (bicyclic) bond motifs is 1. The second-order valence-electron chi connectivity index (χ2n) is 5.53. The van der Waals surface area contributed by atoms with Crippen molar-refractivity contribution in [3.8, 4) is 5.75 Å². The first-order chi connectivity index (χ1) is 12.8. The summed E-state index contributed by atoms with van der Waals surface area (Å²) in [5, 5.41) is 11.7. The topological polar surface area (TPSA) is 118 Å². The lowest BCUT2D eigenvalue weighted by molar-refractivity contribution is 0.256. The minimum Gasteiger partial charge on any atom is -0.494 e. The van der Waals surface area contributed by atoms with Gasteiger partial charge in [0.2, 0.25) is 0 Å². The number of hydrogen-bond acceptors (Lipinski definition) is 8. The molecule has 2 aromatic heterocycles. The van der Waals surface area contributed by atoms with Crippen LogP contribution in [0.3, 0.4) is 0 Å². The average molecular weight is 428 g/mol. The minimum absolute atomic E-state index is 0.0181. The first-order valence-corrected chi connectivity index (χ1v) is 10.9. The SMILES string of the molecule is COc1cccc2sc(NC(=O)NS(=O)(=O)c3cc(C)c(CCO)s3)nc12. The number of hydrogen-bond donors (Lipinski definition) is 3. The zero-order chi connectivity index (χ0) is 19.6. The highest BCUT2D eigenvalue weighted by Crippen LogP contribution is 2.32. The number of thiazole rings is 1. The minimum atomic E-state index is -4.02. The van der Waals surface area contributed by atoms with Gasteiger partial charge in [-0.25, -0.2) is 22.9 Å². The zero-order valence-electron chi connectivity index (χ0n) is 14.5. The molecule has 8 nitrogen and oxygen atoms in total. The monoisotopic (exact) mass is 427 g/mol. The number of para-hydroxylation sites is 1. The lowest BCUT2D eigenvalue weighted by Gasteiger charge is -2.04. The standard InChI is InChI=1S/C16H17N3O5S3/c1-9-8-13(25-11(9)6-7-20)27(22,23)19-15(21)18-16-17-14-10(24-2)4-3-5-12(14)26-16/h3-5,8,20H,6-7H2,1-2H3,(H2,17,18,19,21). The van der Waals surface area contributed by atoms with E-state index in [4.69, 9.17) is 9.84 Å². The largest absolute Gasteiger partial charge is 0.494 e. The molecule has 0 atom stereocenters. The zero-order valence-corrected chi connectivity index (χ0v) is 16.9. The summed E-state index contributed by atoms with van der Waals surface area (Å²) in [4.78, 5) is 17.2. The fourth-order valence-electron chi connectivity index (χ4n) is 2.41. The van der Waals surface area contributed by atoms with Gasteiger partial charge in [0.05, 0.1) is 11.8 Å². The van der Waals surface area contributed by atoms with Crippen LogP contribution in [0.15, 0.2) is 28.5 Å². The molecule has 0 spiro atoms. The Labute approximate surface area is 163 Å². The Bertz CT molecular complexity index is 1090. The number of nitrogens with zero attached hydrogens (tertiary/aromatic N) is 1. The van der Waals surface area contributed by atoms with Crippen molar-refractivity contribution >= 4 is 54.1 Å². The van der Waals surface area contributed by atoms with Crippen LogP contribution >= 0.6 is 22.7 Å². The summed E-state index contributed by atoms with van der Waals surface area (Å²) in [5.74, 6) is 0.565. The fourth-order valence-corrected chi connectivity index (χ4v) is 5.77. The summed E-state index contributed by atoms with van der Waals surface area (Å²) in [6.45, 7) is 1.69. The van der Waals surface area contributed by atoms with E-state index < -0.39 is 16.1 Å². The molecule has 0 saturated heterocycles. The van der Waals surface area contributed by atoms with E-state index in [1.54, 1.807) is 19.1 Å². The number of aromatic nitrogens is 1. The van der Waals surface area contributed by atoms with Crippen molar-refractivity contribution in [3.63, 3.8) is 0 Å². The highest BCUT2D eigenvalue weighted by molar-refractivity contribution is 7.92. The molecule has 27 heavy (non-hydrogen) atoms. The third-order valence-electron chi connectivity index (χ3n) is 3.65. The van der Waals surface area contributed by atoms with Crippen molar-refractivity contribution < 1.29 is 23.1 Å². The highest BCUT2D eigenvalue weighted by Gasteiger charge is 2.22. The van der Waals surface area contributed by atoms with Gasteiger partial charge in [0.15, 0.2) is 5.13 Å². The predicted molar refractivity (Wildman–Crippen MR) is 105 cm³/mol. The Kier molecular flexibility index (Phi) is 5.65. The number of nitrogens with one attached hydrogen (secondary N) is 2. The number of anilines is 1. The molecule has 2 amide bonds. The summed E-state index contributed by atoms with van der Waals surface area (Å²) in [7, 11) is -2.49. The molecule has 0 aliphatic heterocycles. The summed E-state index contributed by atoms with van der Waals surface area (Å²) in [6, 6.07) is 5.96. The Morgan fingerprint density at radius 3 is 2.81 bits per heavy atom. The van der Waals surface area contributed by atoms with Gasteiger partial charge in [-0.2, -0.15) is 0 Å². The van der Waals surface area contributed by atoms with Crippen LogP contribution in [-0.4, -0.2) is 38.3 Å². The first kappa shape index (κ1) is 19.5. The highest BCUT2D eigenvalue weighted by atomic mass is 32.2. The van der Waals surface area contributed by atoms with Gasteiger partial charge >= 0.3 is 6.03 Å². The molecule has 0 unspecified atom stereocenters. The Balaban J connectivity index is 1.76. The van der Waals surface area contributed by atoms with Crippen LogP contribution in [-0.2, 0) is 16.4 Å². The number of thiophene rings is 1. The molecule has 3 rings (SSSR count). The van der Waals surface area contributed by atoms with Gasteiger partial charge in [-0.3, -0.25) is 5.32 Å². The third kappa shape index (κ3) is 4.21. The lowest BCUT2D eigenvalue weighted by atomic mass is 10.2. The Morgan fingerprint density at radius 2 is 2.11 bits per heavy atom. The molecule has 144 valence electrons. The van der Waals surface area contributed by atoms with E-state index >= 15 is 0 Å². The molecule has 0 bridgehead atoms. The molecular weight excluding hydrogens is 410 g/mol. The van der Waals surface area contributed by atoms with Crippen molar-refractivity contribution in [1.29, 1.82) is 0 Å². The van der Waals surface area contributed by atoms with Crippen LogP contribution < -0.4 is 14.8 Å². The number of urea groups is 1. The molecule has 0 aliphatic rings. The summed E-state index contributed by atoms with van der Waals surface area (Å²) >= 11 is 2.24. The van der Waals surface area contributed by atoms with Gasteiger partial charge in [-0.1, -0.05) is 17.4 Å². The third-order valence-corrected chi connectivity index (χ3v) is 7.69. The van der Waals surface area contributed by atoms with Crippen molar-refractivity contribution in [3.05, 3.63) is 34.7 Å². The van der Waals surface area contributed by atoms with E-state index in [1.807, 2.05) is 10.8 Å². The fraction of sp³-hybridized carbons (Fsp3) is 0.250. The average Bonchev–Trinajstić information content (AvgIpc) is 3.18. The normalized spacial score (nSPS) is 11.5. The van der Waals surface area contributed by atoms with E-state index in [0.717, 1.165) is 26.5 Å². The summed E-state index contributed by atoms with van der Waals surface area (Å²) in [6.07, 6.45) is 0.367. The second kappa shape index (κ2) is 7.80. The molecule has 2 heterocycles. The quantitative estimate of drug-likeness (QED) is 0.557. The van der Waals surface area contributed by atoms with Crippen molar-refractivity contribution in [2.24, 2.45) is 0 Å². The van der Waals surface area contributed by atoms with Gasteiger partial charge in [-0.15, -0.1) is 11.3 Å². The van der Waals surface area contributed by atoms with Crippen LogP contribution in [0.2, 0.25) is 0 Å². The molecule has 11 heteroatoms. The number of sulfonamides is 1. The first-order valence-electron chi connectivity index (χ1n) is 7.81. The molecule has 1 aromatic carbocycles. The van der Waals surface area contributed by atoms with E-state index in [0.29, 0.717) is 17.7 Å². The number of methoxy groups -OCH3 is 1. The van der Waals surface area contributed by atoms with E-state index in [9.17, 15) is 13.2 Å². The van der Waals surface area contributed by atoms with Crippen molar-refractivity contribution in [2.75, 3.05) is 19.0 Å². The van der Waals surface area contributed by atoms with Crippen LogP contribution in [0.1, 0.15) is 10.4 Å². The van der Waals surface area contributed by atoms with Gasteiger partial charge < -0.3 is 9.84 Å². The van der Waals surface area contributed by atoms with Crippen LogP contribution in [0.4, 0.5) is 9.93 Å². The maximum atomic E-state index is 12.4. The Hall–Kier alpha value is -2.21. The van der Waals surface area contributed by atoms with Gasteiger partial charge in [-0.05, 0) is 30.7 Å². The maximum absolute atomic E-state index is 12.4. The molecule has 0 aliphatic carbocycles. The smallest absolute Gasteiger partial charge is 0.334 e. The van der Waals surface area contributed by atoms with Crippen LogP contribution in [0, 0.1) is 6.92 Å². The Morgan fingerprint density at radius 1 is 1.33 bits per heavy atom. The number of carbonyl (C=O) groups excluding carboxylic acids is 1.